The molecule has 0 aliphatic rings. The Hall–Kier alpha value is -3.09. The molecule has 158 valence electrons. The maximum absolute atomic E-state index is 12.6. The molecule has 0 unspecified atom stereocenters. The van der Waals surface area contributed by atoms with Gasteiger partial charge in [-0.25, -0.2) is 4.98 Å². The van der Waals surface area contributed by atoms with E-state index in [0.29, 0.717) is 23.7 Å². The molecule has 1 amide bonds. The summed E-state index contributed by atoms with van der Waals surface area (Å²) < 4.78 is 37.8. The number of carbonyl (C=O) groups is 1. The van der Waals surface area contributed by atoms with Crippen molar-refractivity contribution in [1.82, 2.24) is 4.98 Å². The van der Waals surface area contributed by atoms with Crippen LogP contribution >= 0.6 is 0 Å². The van der Waals surface area contributed by atoms with Gasteiger partial charge in [-0.15, -0.1) is 0 Å². The molecule has 0 spiro atoms. The minimum absolute atomic E-state index is 0.180. The predicted molar refractivity (Wildman–Crippen MR) is 114 cm³/mol. The van der Waals surface area contributed by atoms with E-state index in [1.807, 2.05) is 31.3 Å². The van der Waals surface area contributed by atoms with Crippen LogP contribution in [0.15, 0.2) is 54.6 Å². The standard InChI is InChI=1S/C23H24F3N3O/c1-15(2)29(3)21-12-7-17-14-19(10-11-20(17)28-21)27-22(30)13-6-16-4-8-18(9-5-16)23(24,25)26/h4-5,7-12,14-15H,6,13H2,1-3H3,(H,27,30). The number of anilines is 2. The van der Waals surface area contributed by atoms with Crippen molar-refractivity contribution < 1.29 is 18.0 Å². The quantitative estimate of drug-likeness (QED) is 0.564. The third-order valence-electron chi connectivity index (χ3n) is 5.02. The van der Waals surface area contributed by atoms with E-state index in [4.69, 9.17) is 0 Å². The second kappa shape index (κ2) is 8.73. The summed E-state index contributed by atoms with van der Waals surface area (Å²) in [6.45, 7) is 4.18. The SMILES string of the molecule is CC(C)N(C)c1ccc2cc(NC(=O)CCc3ccc(C(F)(F)F)cc3)ccc2n1. The van der Waals surface area contributed by atoms with Gasteiger partial charge in [0, 0.05) is 30.6 Å². The van der Waals surface area contributed by atoms with Crippen molar-refractivity contribution in [2.24, 2.45) is 0 Å². The number of halogens is 3. The monoisotopic (exact) mass is 415 g/mol. The first-order valence-corrected chi connectivity index (χ1v) is 9.73. The number of fused-ring (bicyclic) bond motifs is 1. The minimum Gasteiger partial charge on any atom is -0.357 e. The molecule has 30 heavy (non-hydrogen) atoms. The summed E-state index contributed by atoms with van der Waals surface area (Å²) in [7, 11) is 1.99. The summed E-state index contributed by atoms with van der Waals surface area (Å²) in [4.78, 5) is 19.0. The highest BCUT2D eigenvalue weighted by atomic mass is 19.4. The Kier molecular flexibility index (Phi) is 6.29. The van der Waals surface area contributed by atoms with Crippen molar-refractivity contribution >= 4 is 28.3 Å². The number of pyridine rings is 1. The molecule has 0 saturated carbocycles. The van der Waals surface area contributed by atoms with Gasteiger partial charge in [0.15, 0.2) is 0 Å². The van der Waals surface area contributed by atoms with Crippen LogP contribution in [0, 0.1) is 0 Å². The molecule has 3 rings (SSSR count). The largest absolute Gasteiger partial charge is 0.416 e. The summed E-state index contributed by atoms with van der Waals surface area (Å²) >= 11 is 0. The fraction of sp³-hybridized carbons (Fsp3) is 0.304. The van der Waals surface area contributed by atoms with Gasteiger partial charge in [-0.1, -0.05) is 12.1 Å². The summed E-state index contributed by atoms with van der Waals surface area (Å²) in [5.74, 6) is 0.684. The van der Waals surface area contributed by atoms with Gasteiger partial charge in [-0.2, -0.15) is 13.2 Å². The Morgan fingerprint density at radius 3 is 2.40 bits per heavy atom. The highest BCUT2D eigenvalue weighted by Crippen LogP contribution is 2.29. The molecule has 0 saturated heterocycles. The lowest BCUT2D eigenvalue weighted by atomic mass is 10.1. The van der Waals surface area contributed by atoms with E-state index < -0.39 is 11.7 Å². The summed E-state index contributed by atoms with van der Waals surface area (Å²) in [5.41, 5.74) is 1.49. The van der Waals surface area contributed by atoms with Crippen molar-refractivity contribution in [1.29, 1.82) is 0 Å². The Labute approximate surface area is 173 Å². The lowest BCUT2D eigenvalue weighted by Gasteiger charge is -2.22. The number of hydrogen-bond acceptors (Lipinski definition) is 3. The van der Waals surface area contributed by atoms with Gasteiger partial charge < -0.3 is 10.2 Å². The molecule has 1 N–H and O–H groups in total. The maximum atomic E-state index is 12.6. The zero-order valence-corrected chi connectivity index (χ0v) is 17.1. The minimum atomic E-state index is -4.36. The molecule has 3 aromatic rings. The Morgan fingerprint density at radius 1 is 1.07 bits per heavy atom. The first kappa shape index (κ1) is 21.6. The molecule has 1 aromatic heterocycles. The van der Waals surface area contributed by atoms with Crippen LogP contribution in [0.4, 0.5) is 24.7 Å². The molecule has 4 nitrogen and oxygen atoms in total. The van der Waals surface area contributed by atoms with Gasteiger partial charge in [0.1, 0.15) is 5.82 Å². The highest BCUT2D eigenvalue weighted by molar-refractivity contribution is 5.94. The molecule has 0 aliphatic carbocycles. The van der Waals surface area contributed by atoms with Gasteiger partial charge in [-0.3, -0.25) is 4.79 Å². The van der Waals surface area contributed by atoms with E-state index in [1.54, 1.807) is 6.07 Å². The first-order valence-electron chi connectivity index (χ1n) is 9.73. The van der Waals surface area contributed by atoms with Crippen LogP contribution in [-0.4, -0.2) is 24.0 Å². The molecule has 7 heteroatoms. The van der Waals surface area contributed by atoms with Crippen LogP contribution in [0.1, 0.15) is 31.4 Å². The van der Waals surface area contributed by atoms with Crippen LogP contribution in [0.3, 0.4) is 0 Å². The zero-order chi connectivity index (χ0) is 21.9. The van der Waals surface area contributed by atoms with E-state index in [0.717, 1.165) is 28.9 Å². The molecule has 0 bridgehead atoms. The fourth-order valence-corrected chi connectivity index (χ4v) is 3.00. The number of amides is 1. The number of rotatable bonds is 6. The lowest BCUT2D eigenvalue weighted by molar-refractivity contribution is -0.137. The summed E-state index contributed by atoms with van der Waals surface area (Å²) in [6.07, 6.45) is -3.81. The van der Waals surface area contributed by atoms with Gasteiger partial charge in [0.25, 0.3) is 0 Å². The normalized spacial score (nSPS) is 11.7. The summed E-state index contributed by atoms with van der Waals surface area (Å²) in [6, 6.07) is 14.6. The third kappa shape index (κ3) is 5.28. The van der Waals surface area contributed by atoms with Gasteiger partial charge in [0.05, 0.1) is 11.1 Å². The van der Waals surface area contributed by atoms with Crippen LogP contribution in [0.25, 0.3) is 10.9 Å². The van der Waals surface area contributed by atoms with Gasteiger partial charge in [-0.05, 0) is 68.3 Å². The van der Waals surface area contributed by atoms with Crippen LogP contribution in [0.2, 0.25) is 0 Å². The molecule has 0 aliphatic heterocycles. The van der Waals surface area contributed by atoms with Crippen molar-refractivity contribution in [2.45, 2.75) is 38.9 Å². The van der Waals surface area contributed by atoms with Crippen LogP contribution < -0.4 is 10.2 Å². The molecule has 0 radical (unpaired) electrons. The second-order valence-corrected chi connectivity index (χ2v) is 7.52. The molecular weight excluding hydrogens is 391 g/mol. The number of aryl methyl sites for hydroxylation is 1. The van der Waals surface area contributed by atoms with Crippen molar-refractivity contribution in [3.05, 3.63) is 65.7 Å². The number of benzene rings is 2. The lowest BCUT2D eigenvalue weighted by Crippen LogP contribution is -2.26. The number of carbonyl (C=O) groups excluding carboxylic acids is 1. The van der Waals surface area contributed by atoms with Gasteiger partial charge in [0.2, 0.25) is 5.91 Å². The van der Waals surface area contributed by atoms with E-state index in [9.17, 15) is 18.0 Å². The van der Waals surface area contributed by atoms with Crippen molar-refractivity contribution in [3.8, 4) is 0 Å². The van der Waals surface area contributed by atoms with E-state index in [2.05, 4.69) is 29.0 Å². The summed E-state index contributed by atoms with van der Waals surface area (Å²) in [5, 5.41) is 3.75. The predicted octanol–water partition coefficient (Wildman–Crippen LogP) is 5.67. The van der Waals surface area contributed by atoms with Crippen LogP contribution in [0.5, 0.6) is 0 Å². The van der Waals surface area contributed by atoms with E-state index >= 15 is 0 Å². The number of hydrogen-bond donors (Lipinski definition) is 1. The van der Waals surface area contributed by atoms with Crippen molar-refractivity contribution in [2.75, 3.05) is 17.3 Å². The van der Waals surface area contributed by atoms with E-state index in [-0.39, 0.29) is 12.3 Å². The second-order valence-electron chi connectivity index (χ2n) is 7.52. The number of nitrogens with one attached hydrogen (secondary N) is 1. The Morgan fingerprint density at radius 2 is 1.77 bits per heavy atom. The Bertz CT molecular complexity index is 1030. The maximum Gasteiger partial charge on any atom is 0.416 e. The zero-order valence-electron chi connectivity index (χ0n) is 17.1. The van der Waals surface area contributed by atoms with Crippen LogP contribution in [-0.2, 0) is 17.4 Å². The molecule has 0 atom stereocenters. The van der Waals surface area contributed by atoms with Gasteiger partial charge >= 0.3 is 6.18 Å². The first-order chi connectivity index (χ1) is 14.1. The fourth-order valence-electron chi connectivity index (χ4n) is 3.00. The average Bonchev–Trinajstić information content (AvgIpc) is 2.71. The molecule has 2 aromatic carbocycles. The Balaban J connectivity index is 1.61. The highest BCUT2D eigenvalue weighted by Gasteiger charge is 2.29. The molecular formula is C23H24F3N3O. The third-order valence-corrected chi connectivity index (χ3v) is 5.02. The smallest absolute Gasteiger partial charge is 0.357 e. The molecule has 1 heterocycles. The topological polar surface area (TPSA) is 45.2 Å². The number of aromatic nitrogens is 1. The average molecular weight is 415 g/mol. The van der Waals surface area contributed by atoms with Crippen molar-refractivity contribution in [3.63, 3.8) is 0 Å². The number of nitrogens with zero attached hydrogens (tertiary/aromatic N) is 2. The van der Waals surface area contributed by atoms with E-state index in [1.165, 1.54) is 12.1 Å². The molecule has 0 fully saturated rings. The number of alkyl halides is 3.